The summed E-state index contributed by atoms with van der Waals surface area (Å²) in [5, 5.41) is 0.621. The molecule has 0 spiro atoms. The van der Waals surface area contributed by atoms with E-state index in [4.69, 9.17) is 11.6 Å². The number of hydrogen-bond acceptors (Lipinski definition) is 3. The van der Waals surface area contributed by atoms with Gasteiger partial charge in [-0.15, -0.1) is 0 Å². The molecule has 1 aliphatic rings. The average molecular weight is 343 g/mol. The van der Waals surface area contributed by atoms with Crippen LogP contribution in [0.15, 0.2) is 54.6 Å². The zero-order valence-corrected chi connectivity index (χ0v) is 14.6. The molecular formula is C20H23ClN2O. The fraction of sp³-hybridized carbons (Fsp3) is 0.350. The number of halogens is 1. The highest BCUT2D eigenvalue weighted by atomic mass is 35.5. The van der Waals surface area contributed by atoms with Crippen molar-refractivity contribution in [2.45, 2.75) is 13.0 Å². The minimum absolute atomic E-state index is 0.171. The minimum atomic E-state index is 0.171. The smallest absolute Gasteiger partial charge is 0.164 e. The van der Waals surface area contributed by atoms with Gasteiger partial charge in [0.05, 0.1) is 0 Å². The summed E-state index contributed by atoms with van der Waals surface area (Å²) < 4.78 is 0. The third kappa shape index (κ3) is 4.91. The van der Waals surface area contributed by atoms with Gasteiger partial charge in [-0.05, 0) is 17.7 Å². The number of hydrogen-bond donors (Lipinski definition) is 0. The summed E-state index contributed by atoms with van der Waals surface area (Å²) in [6.45, 7) is 5.99. The normalized spacial score (nSPS) is 16.2. The first-order valence-electron chi connectivity index (χ1n) is 8.48. The Hall–Kier alpha value is -1.68. The van der Waals surface area contributed by atoms with Gasteiger partial charge < -0.3 is 4.90 Å². The van der Waals surface area contributed by atoms with Crippen LogP contribution in [0.5, 0.6) is 0 Å². The lowest BCUT2D eigenvalue weighted by atomic mass is 10.1. The largest absolute Gasteiger partial charge is 0.300 e. The van der Waals surface area contributed by atoms with E-state index in [0.29, 0.717) is 17.0 Å². The summed E-state index contributed by atoms with van der Waals surface area (Å²) in [5.41, 5.74) is 2.08. The van der Waals surface area contributed by atoms with E-state index in [2.05, 4.69) is 40.1 Å². The van der Waals surface area contributed by atoms with Crippen LogP contribution < -0.4 is 0 Å². The van der Waals surface area contributed by atoms with Crippen LogP contribution in [0.1, 0.15) is 22.3 Å². The van der Waals surface area contributed by atoms with Crippen LogP contribution in [0.25, 0.3) is 0 Å². The van der Waals surface area contributed by atoms with Gasteiger partial charge in [-0.3, -0.25) is 9.69 Å². The van der Waals surface area contributed by atoms with Gasteiger partial charge in [-0.2, -0.15) is 0 Å². The number of carbonyl (C=O) groups is 1. The zero-order valence-electron chi connectivity index (χ0n) is 13.8. The topological polar surface area (TPSA) is 23.6 Å². The minimum Gasteiger partial charge on any atom is -0.300 e. The molecule has 1 fully saturated rings. The molecule has 3 nitrogen and oxygen atoms in total. The summed E-state index contributed by atoms with van der Waals surface area (Å²) in [5.74, 6) is 0.171. The van der Waals surface area contributed by atoms with Crippen LogP contribution in [0, 0.1) is 0 Å². The number of rotatable bonds is 6. The number of ketones is 1. The van der Waals surface area contributed by atoms with E-state index in [9.17, 15) is 4.79 Å². The van der Waals surface area contributed by atoms with Gasteiger partial charge in [-0.1, -0.05) is 54.1 Å². The van der Waals surface area contributed by atoms with Crippen molar-refractivity contribution in [2.24, 2.45) is 0 Å². The van der Waals surface area contributed by atoms with E-state index < -0.39 is 0 Å². The van der Waals surface area contributed by atoms with Crippen LogP contribution in [-0.4, -0.2) is 48.3 Å². The van der Waals surface area contributed by atoms with Gasteiger partial charge in [0.1, 0.15) is 0 Å². The molecule has 1 heterocycles. The van der Waals surface area contributed by atoms with Gasteiger partial charge in [0, 0.05) is 56.3 Å². The van der Waals surface area contributed by atoms with Crippen molar-refractivity contribution >= 4 is 17.4 Å². The lowest BCUT2D eigenvalue weighted by Crippen LogP contribution is -2.46. The molecule has 0 aliphatic carbocycles. The fourth-order valence-corrected chi connectivity index (χ4v) is 3.27. The van der Waals surface area contributed by atoms with Gasteiger partial charge >= 0.3 is 0 Å². The fourth-order valence-electron chi connectivity index (χ4n) is 3.08. The average Bonchev–Trinajstić information content (AvgIpc) is 2.62. The number of nitrogens with zero attached hydrogens (tertiary/aromatic N) is 2. The second-order valence-corrected chi connectivity index (χ2v) is 6.72. The standard InChI is InChI=1S/C20H23ClN2O/c21-19-8-4-7-18(15-19)20(24)9-10-22-11-13-23(14-12-22)16-17-5-2-1-3-6-17/h1-8,15H,9-14,16H2. The predicted molar refractivity (Wildman–Crippen MR) is 98.6 cm³/mol. The monoisotopic (exact) mass is 342 g/mol. The van der Waals surface area contributed by atoms with E-state index in [1.54, 1.807) is 12.1 Å². The van der Waals surface area contributed by atoms with Crippen LogP contribution in [0.4, 0.5) is 0 Å². The van der Waals surface area contributed by atoms with E-state index in [1.165, 1.54) is 5.56 Å². The van der Waals surface area contributed by atoms with Crippen molar-refractivity contribution in [3.05, 3.63) is 70.7 Å². The summed E-state index contributed by atoms with van der Waals surface area (Å²) in [6.07, 6.45) is 0.555. The van der Waals surface area contributed by atoms with E-state index >= 15 is 0 Å². The molecule has 0 amide bonds. The van der Waals surface area contributed by atoms with Crippen molar-refractivity contribution in [3.8, 4) is 0 Å². The van der Waals surface area contributed by atoms with Crippen molar-refractivity contribution in [3.63, 3.8) is 0 Å². The van der Waals surface area contributed by atoms with Gasteiger partial charge in [0.25, 0.3) is 0 Å². The number of carbonyl (C=O) groups excluding carboxylic acids is 1. The highest BCUT2D eigenvalue weighted by Crippen LogP contribution is 2.13. The van der Waals surface area contributed by atoms with Crippen molar-refractivity contribution in [2.75, 3.05) is 32.7 Å². The maximum Gasteiger partial charge on any atom is 0.164 e. The quantitative estimate of drug-likeness (QED) is 0.747. The third-order valence-corrected chi connectivity index (χ3v) is 4.75. The van der Waals surface area contributed by atoms with Crippen LogP contribution in [0.2, 0.25) is 5.02 Å². The Kier molecular flexibility index (Phi) is 6.02. The number of Topliss-reactive ketones (excluding diaryl/α,β-unsaturated/α-hetero) is 1. The summed E-state index contributed by atoms with van der Waals surface area (Å²) in [7, 11) is 0. The highest BCUT2D eigenvalue weighted by molar-refractivity contribution is 6.31. The van der Waals surface area contributed by atoms with Crippen molar-refractivity contribution in [1.82, 2.24) is 9.80 Å². The molecule has 0 saturated carbocycles. The maximum absolute atomic E-state index is 12.2. The second-order valence-electron chi connectivity index (χ2n) is 6.29. The van der Waals surface area contributed by atoms with Crippen LogP contribution in [0.3, 0.4) is 0 Å². The first kappa shape index (κ1) is 17.2. The molecule has 0 aromatic heterocycles. The lowest BCUT2D eigenvalue weighted by molar-refractivity contribution is 0.0922. The third-order valence-electron chi connectivity index (χ3n) is 4.52. The van der Waals surface area contributed by atoms with Gasteiger partial charge in [-0.25, -0.2) is 0 Å². The van der Waals surface area contributed by atoms with Crippen molar-refractivity contribution < 1.29 is 4.79 Å². The summed E-state index contributed by atoms with van der Waals surface area (Å²) in [4.78, 5) is 17.1. The molecule has 1 saturated heterocycles. The molecule has 0 bridgehead atoms. The maximum atomic E-state index is 12.2. The Labute approximate surface area is 148 Å². The summed E-state index contributed by atoms with van der Waals surface area (Å²) >= 11 is 5.95. The molecule has 1 aliphatic heterocycles. The number of benzene rings is 2. The Morgan fingerprint density at radius 3 is 2.33 bits per heavy atom. The molecule has 4 heteroatoms. The number of piperazine rings is 1. The zero-order chi connectivity index (χ0) is 16.8. The molecule has 3 rings (SSSR count). The second kappa shape index (κ2) is 8.43. The van der Waals surface area contributed by atoms with Crippen LogP contribution in [-0.2, 0) is 6.54 Å². The van der Waals surface area contributed by atoms with Crippen LogP contribution >= 0.6 is 11.6 Å². The highest BCUT2D eigenvalue weighted by Gasteiger charge is 2.18. The van der Waals surface area contributed by atoms with E-state index in [0.717, 1.165) is 39.3 Å². The van der Waals surface area contributed by atoms with E-state index in [-0.39, 0.29) is 5.78 Å². The molecule has 0 unspecified atom stereocenters. The SMILES string of the molecule is O=C(CCN1CCN(Cc2ccccc2)CC1)c1cccc(Cl)c1. The predicted octanol–water partition coefficient (Wildman–Crippen LogP) is 3.73. The molecule has 0 N–H and O–H groups in total. The Bertz CT molecular complexity index is 666. The van der Waals surface area contributed by atoms with Gasteiger partial charge in [0.15, 0.2) is 5.78 Å². The molecule has 2 aromatic carbocycles. The first-order valence-corrected chi connectivity index (χ1v) is 8.86. The Morgan fingerprint density at radius 2 is 1.62 bits per heavy atom. The molecular weight excluding hydrogens is 320 g/mol. The Balaban J connectivity index is 1.42. The van der Waals surface area contributed by atoms with E-state index in [1.807, 2.05) is 12.1 Å². The van der Waals surface area contributed by atoms with Gasteiger partial charge in [0.2, 0.25) is 0 Å². The first-order chi connectivity index (χ1) is 11.7. The molecule has 24 heavy (non-hydrogen) atoms. The Morgan fingerprint density at radius 1 is 0.917 bits per heavy atom. The molecule has 0 atom stereocenters. The lowest BCUT2D eigenvalue weighted by Gasteiger charge is -2.34. The summed E-state index contributed by atoms with van der Waals surface area (Å²) in [6, 6.07) is 17.8. The molecule has 126 valence electrons. The molecule has 0 radical (unpaired) electrons. The molecule has 2 aromatic rings. The van der Waals surface area contributed by atoms with Crippen molar-refractivity contribution in [1.29, 1.82) is 0 Å².